The van der Waals surface area contributed by atoms with Gasteiger partial charge < -0.3 is 4.98 Å². The average molecular weight is 420 g/mol. The zero-order valence-electron chi connectivity index (χ0n) is 18.0. The fourth-order valence-corrected chi connectivity index (χ4v) is 5.61. The summed E-state index contributed by atoms with van der Waals surface area (Å²) < 4.78 is 2.02. The molecule has 31 heavy (non-hydrogen) atoms. The Labute approximate surface area is 181 Å². The monoisotopic (exact) mass is 419 g/mol. The molecule has 3 aromatic rings. The highest BCUT2D eigenvalue weighted by Gasteiger charge is 2.44. The van der Waals surface area contributed by atoms with Gasteiger partial charge in [-0.3, -0.25) is 19.7 Å². The Kier molecular flexibility index (Phi) is 4.63. The van der Waals surface area contributed by atoms with E-state index in [-0.39, 0.29) is 11.5 Å². The van der Waals surface area contributed by atoms with Gasteiger partial charge in [-0.25, -0.2) is 9.67 Å². The van der Waals surface area contributed by atoms with Crippen molar-refractivity contribution in [2.75, 3.05) is 13.1 Å². The van der Waals surface area contributed by atoms with Gasteiger partial charge in [0.2, 0.25) is 0 Å². The van der Waals surface area contributed by atoms with Crippen LogP contribution in [-0.2, 0) is 6.54 Å². The molecule has 0 bridgehead atoms. The number of likely N-dealkylation sites (tertiary alicyclic amines) is 1. The van der Waals surface area contributed by atoms with Crippen molar-refractivity contribution in [3.8, 4) is 0 Å². The van der Waals surface area contributed by atoms with Crippen LogP contribution in [0.15, 0.2) is 23.4 Å². The summed E-state index contributed by atoms with van der Waals surface area (Å²) in [5, 5.41) is 5.17. The van der Waals surface area contributed by atoms with Gasteiger partial charge in [0.05, 0.1) is 23.6 Å². The van der Waals surface area contributed by atoms with Crippen molar-refractivity contribution in [2.45, 2.75) is 64.0 Å². The second-order valence-electron chi connectivity index (χ2n) is 9.67. The van der Waals surface area contributed by atoms with Crippen LogP contribution < -0.4 is 5.56 Å². The number of aromatic nitrogens is 6. The molecule has 8 heteroatoms. The Bertz CT molecular complexity index is 1140. The highest BCUT2D eigenvalue weighted by molar-refractivity contribution is 5.73. The largest absolute Gasteiger partial charge is 0.310 e. The molecular formula is C23H29N7O. The van der Waals surface area contributed by atoms with Crippen molar-refractivity contribution in [1.29, 1.82) is 0 Å². The van der Waals surface area contributed by atoms with Crippen molar-refractivity contribution in [3.05, 3.63) is 46.2 Å². The molecule has 1 saturated heterocycles. The zero-order chi connectivity index (χ0) is 20.9. The van der Waals surface area contributed by atoms with Gasteiger partial charge in [0.1, 0.15) is 11.2 Å². The molecule has 0 unspecified atom stereocenters. The fourth-order valence-electron chi connectivity index (χ4n) is 5.61. The van der Waals surface area contributed by atoms with Crippen molar-refractivity contribution >= 4 is 11.0 Å². The number of nitrogens with one attached hydrogen (secondary N) is 1. The van der Waals surface area contributed by atoms with Crippen molar-refractivity contribution < 1.29 is 0 Å². The standard InChI is InChI=1S/C23H29N7O/c1-14-8-25-16(9-24-14)11-29-12-19(15-6-7-15)20(13-29)21-27-22-18(23(31)28-21)10-26-30(22)17-4-2-3-5-17/h8-10,15,17,19-20H,2-7,11-13H2,1H3,(H,27,28,31)/t19-,20+/m0/s1. The summed E-state index contributed by atoms with van der Waals surface area (Å²) in [5.41, 5.74) is 2.65. The van der Waals surface area contributed by atoms with Crippen molar-refractivity contribution in [1.82, 2.24) is 34.6 Å². The molecule has 4 heterocycles. The first-order chi connectivity index (χ1) is 15.2. The first-order valence-electron chi connectivity index (χ1n) is 11.6. The van der Waals surface area contributed by atoms with Crippen LogP contribution in [0.2, 0.25) is 0 Å². The lowest BCUT2D eigenvalue weighted by molar-refractivity contribution is 0.305. The van der Waals surface area contributed by atoms with E-state index in [2.05, 4.69) is 25.0 Å². The molecule has 2 atom stereocenters. The SMILES string of the molecule is Cc1cnc(CN2C[C@@H](c3nc4c(cnn4C4CCCC4)c(=O)[nH]3)[C@H](C3CC3)C2)cn1. The second kappa shape index (κ2) is 7.51. The molecule has 0 radical (unpaired) electrons. The third-order valence-electron chi connectivity index (χ3n) is 7.39. The Hall–Kier alpha value is -2.61. The lowest BCUT2D eigenvalue weighted by atomic mass is 9.91. The maximum Gasteiger partial charge on any atom is 0.262 e. The molecule has 8 nitrogen and oxygen atoms in total. The van der Waals surface area contributed by atoms with E-state index in [0.29, 0.717) is 17.3 Å². The molecule has 2 saturated carbocycles. The third kappa shape index (κ3) is 3.56. The molecule has 162 valence electrons. The minimum absolute atomic E-state index is 0.0540. The molecule has 3 fully saturated rings. The smallest absolute Gasteiger partial charge is 0.262 e. The van der Waals surface area contributed by atoms with E-state index in [1.54, 1.807) is 6.20 Å². The molecule has 0 spiro atoms. The van der Waals surface area contributed by atoms with E-state index < -0.39 is 0 Å². The quantitative estimate of drug-likeness (QED) is 0.684. The number of nitrogens with zero attached hydrogens (tertiary/aromatic N) is 6. The normalized spacial score (nSPS) is 25.1. The van der Waals surface area contributed by atoms with Gasteiger partial charge in [0.15, 0.2) is 5.65 Å². The fraction of sp³-hybridized carbons (Fsp3) is 0.609. The van der Waals surface area contributed by atoms with Gasteiger partial charge in [0, 0.05) is 37.9 Å². The van der Waals surface area contributed by atoms with E-state index >= 15 is 0 Å². The van der Waals surface area contributed by atoms with Gasteiger partial charge >= 0.3 is 0 Å². The lowest BCUT2D eigenvalue weighted by Crippen LogP contribution is -2.22. The van der Waals surface area contributed by atoms with Crippen LogP contribution >= 0.6 is 0 Å². The topological polar surface area (TPSA) is 92.6 Å². The molecule has 6 rings (SSSR count). The number of aromatic amines is 1. The van der Waals surface area contributed by atoms with E-state index in [4.69, 9.17) is 4.98 Å². The van der Waals surface area contributed by atoms with Crippen LogP contribution in [0, 0.1) is 18.8 Å². The molecule has 1 N–H and O–H groups in total. The number of aryl methyl sites for hydroxylation is 1. The molecule has 2 aliphatic carbocycles. The van der Waals surface area contributed by atoms with Crippen LogP contribution in [-0.4, -0.2) is 47.7 Å². The minimum Gasteiger partial charge on any atom is -0.310 e. The Morgan fingerprint density at radius 1 is 1.06 bits per heavy atom. The van der Waals surface area contributed by atoms with E-state index in [1.165, 1.54) is 25.7 Å². The van der Waals surface area contributed by atoms with E-state index in [1.807, 2.05) is 24.0 Å². The summed E-state index contributed by atoms with van der Waals surface area (Å²) in [6.45, 7) is 4.66. The molecule has 3 aliphatic rings. The highest BCUT2D eigenvalue weighted by atomic mass is 16.1. The maximum absolute atomic E-state index is 12.9. The van der Waals surface area contributed by atoms with Crippen LogP contribution in [0.25, 0.3) is 11.0 Å². The number of H-pyrrole nitrogens is 1. The minimum atomic E-state index is -0.0540. The second-order valence-corrected chi connectivity index (χ2v) is 9.67. The summed E-state index contributed by atoms with van der Waals surface area (Å²) in [5.74, 6) is 2.35. The lowest BCUT2D eigenvalue weighted by Gasteiger charge is -2.17. The number of rotatable bonds is 5. The van der Waals surface area contributed by atoms with Gasteiger partial charge in [-0.05, 0) is 44.4 Å². The highest BCUT2D eigenvalue weighted by Crippen LogP contribution is 2.47. The van der Waals surface area contributed by atoms with Crippen molar-refractivity contribution in [3.63, 3.8) is 0 Å². The number of hydrogen-bond acceptors (Lipinski definition) is 6. The third-order valence-corrected chi connectivity index (χ3v) is 7.39. The van der Waals surface area contributed by atoms with Crippen molar-refractivity contribution in [2.24, 2.45) is 11.8 Å². The van der Waals surface area contributed by atoms with Gasteiger partial charge in [-0.15, -0.1) is 0 Å². The molecular weight excluding hydrogens is 390 g/mol. The molecule has 0 aromatic carbocycles. The van der Waals surface area contributed by atoms with Crippen LogP contribution in [0.5, 0.6) is 0 Å². The first kappa shape index (κ1) is 19.1. The number of fused-ring (bicyclic) bond motifs is 1. The predicted molar refractivity (Wildman–Crippen MR) is 117 cm³/mol. The van der Waals surface area contributed by atoms with Crippen LogP contribution in [0.3, 0.4) is 0 Å². The van der Waals surface area contributed by atoms with E-state index in [0.717, 1.165) is 61.3 Å². The molecule has 3 aromatic heterocycles. The van der Waals surface area contributed by atoms with Gasteiger partial charge in [-0.2, -0.15) is 5.10 Å². The predicted octanol–water partition coefficient (Wildman–Crippen LogP) is 2.96. The Balaban J connectivity index is 1.32. The van der Waals surface area contributed by atoms with Gasteiger partial charge in [-0.1, -0.05) is 12.8 Å². The van der Waals surface area contributed by atoms with Crippen LogP contribution in [0.1, 0.15) is 67.7 Å². The zero-order valence-corrected chi connectivity index (χ0v) is 18.0. The summed E-state index contributed by atoms with van der Waals surface area (Å²) in [6.07, 6.45) is 12.7. The summed E-state index contributed by atoms with van der Waals surface area (Å²) in [4.78, 5) is 32.4. The Morgan fingerprint density at radius 2 is 1.90 bits per heavy atom. The van der Waals surface area contributed by atoms with E-state index in [9.17, 15) is 4.79 Å². The van der Waals surface area contributed by atoms with Crippen LogP contribution in [0.4, 0.5) is 0 Å². The first-order valence-corrected chi connectivity index (χ1v) is 11.6. The summed E-state index contributed by atoms with van der Waals surface area (Å²) in [7, 11) is 0. The maximum atomic E-state index is 12.9. The summed E-state index contributed by atoms with van der Waals surface area (Å²) >= 11 is 0. The molecule has 1 aliphatic heterocycles. The average Bonchev–Trinajstić information content (AvgIpc) is 3.16. The summed E-state index contributed by atoms with van der Waals surface area (Å²) in [6, 6.07) is 0.374. The molecule has 0 amide bonds. The number of hydrogen-bond donors (Lipinski definition) is 1. The Morgan fingerprint density at radius 3 is 2.65 bits per heavy atom. The van der Waals surface area contributed by atoms with Gasteiger partial charge in [0.25, 0.3) is 5.56 Å².